The largest absolute Gasteiger partial charge is 0.495 e. The van der Waals surface area contributed by atoms with E-state index in [0.29, 0.717) is 16.5 Å². The average molecular weight is 309 g/mol. The number of nitrogens with zero attached hydrogens (tertiary/aromatic N) is 1. The summed E-state index contributed by atoms with van der Waals surface area (Å²) in [7, 11) is 3.23. The van der Waals surface area contributed by atoms with Crippen molar-refractivity contribution in [1.29, 1.82) is 0 Å². The molecule has 0 atom stereocenters. The third-order valence-electron chi connectivity index (χ3n) is 3.25. The third-order valence-corrected chi connectivity index (χ3v) is 3.55. The molecule has 1 aromatic carbocycles. The zero-order valence-electron chi connectivity index (χ0n) is 12.6. The smallest absolute Gasteiger partial charge is 0.143 e. The van der Waals surface area contributed by atoms with Gasteiger partial charge in [-0.25, -0.2) is 0 Å². The number of hydrogen-bond acceptors (Lipinski definition) is 3. The molecular weight excluding hydrogens is 288 g/mol. The summed E-state index contributed by atoms with van der Waals surface area (Å²) in [5, 5.41) is 3.90. The molecule has 1 N–H and O–H groups in total. The topological polar surface area (TPSA) is 35.4 Å². The SMILES string of the molecule is CCCn1ccc(CNc2cc(OC)c(Cl)cc2OC)c1. The van der Waals surface area contributed by atoms with Crippen LogP contribution < -0.4 is 14.8 Å². The monoisotopic (exact) mass is 308 g/mol. The first kappa shape index (κ1) is 15.6. The van der Waals surface area contributed by atoms with Crippen molar-refractivity contribution in [3.05, 3.63) is 41.2 Å². The lowest BCUT2D eigenvalue weighted by atomic mass is 10.2. The van der Waals surface area contributed by atoms with Gasteiger partial charge in [0, 0.05) is 37.6 Å². The van der Waals surface area contributed by atoms with Crippen molar-refractivity contribution in [1.82, 2.24) is 4.57 Å². The number of nitrogens with one attached hydrogen (secondary N) is 1. The summed E-state index contributed by atoms with van der Waals surface area (Å²) in [6.07, 6.45) is 5.38. The van der Waals surface area contributed by atoms with Gasteiger partial charge in [-0.2, -0.15) is 0 Å². The second-order valence-corrected chi connectivity index (χ2v) is 5.21. The number of hydrogen-bond donors (Lipinski definition) is 1. The minimum absolute atomic E-state index is 0.536. The van der Waals surface area contributed by atoms with Gasteiger partial charge >= 0.3 is 0 Å². The quantitative estimate of drug-likeness (QED) is 0.833. The maximum Gasteiger partial charge on any atom is 0.143 e. The average Bonchev–Trinajstić information content (AvgIpc) is 2.93. The molecule has 4 nitrogen and oxygen atoms in total. The van der Waals surface area contributed by atoms with E-state index in [9.17, 15) is 0 Å². The van der Waals surface area contributed by atoms with Gasteiger partial charge in [0.15, 0.2) is 0 Å². The number of benzene rings is 1. The molecule has 0 unspecified atom stereocenters. The van der Waals surface area contributed by atoms with Gasteiger partial charge in [-0.05, 0) is 18.1 Å². The number of ether oxygens (including phenoxy) is 2. The summed E-state index contributed by atoms with van der Waals surface area (Å²) in [5.41, 5.74) is 2.08. The summed E-state index contributed by atoms with van der Waals surface area (Å²) >= 11 is 6.10. The van der Waals surface area contributed by atoms with Crippen LogP contribution in [0, 0.1) is 0 Å². The molecule has 2 rings (SSSR count). The van der Waals surface area contributed by atoms with E-state index in [2.05, 4.69) is 35.3 Å². The molecule has 1 heterocycles. The Morgan fingerprint density at radius 3 is 2.62 bits per heavy atom. The first-order valence-corrected chi connectivity index (χ1v) is 7.35. The summed E-state index contributed by atoms with van der Waals surface area (Å²) in [4.78, 5) is 0. The molecule has 0 radical (unpaired) electrons. The van der Waals surface area contributed by atoms with Crippen LogP contribution in [0.3, 0.4) is 0 Å². The number of aromatic nitrogens is 1. The molecule has 0 aliphatic carbocycles. The Kier molecular flexibility index (Phi) is 5.39. The van der Waals surface area contributed by atoms with Crippen LogP contribution >= 0.6 is 11.6 Å². The van der Waals surface area contributed by atoms with Crippen LogP contribution in [0.5, 0.6) is 11.5 Å². The molecule has 114 valence electrons. The number of rotatable bonds is 7. The minimum Gasteiger partial charge on any atom is -0.495 e. The lowest BCUT2D eigenvalue weighted by Gasteiger charge is -2.13. The Hall–Kier alpha value is -1.81. The fourth-order valence-corrected chi connectivity index (χ4v) is 2.42. The highest BCUT2D eigenvalue weighted by Crippen LogP contribution is 2.36. The molecule has 0 bridgehead atoms. The van der Waals surface area contributed by atoms with Crippen LogP contribution in [0.4, 0.5) is 5.69 Å². The Bertz CT molecular complexity index is 596. The highest BCUT2D eigenvalue weighted by molar-refractivity contribution is 6.32. The van der Waals surface area contributed by atoms with E-state index in [0.717, 1.165) is 25.2 Å². The normalized spacial score (nSPS) is 10.5. The zero-order valence-corrected chi connectivity index (χ0v) is 13.4. The lowest BCUT2D eigenvalue weighted by molar-refractivity contribution is 0.404. The zero-order chi connectivity index (χ0) is 15.2. The van der Waals surface area contributed by atoms with Crippen molar-refractivity contribution in [3.63, 3.8) is 0 Å². The molecule has 5 heteroatoms. The molecule has 0 saturated heterocycles. The van der Waals surface area contributed by atoms with Gasteiger partial charge in [0.2, 0.25) is 0 Å². The molecular formula is C16H21ClN2O2. The second-order valence-electron chi connectivity index (χ2n) is 4.80. The third kappa shape index (κ3) is 3.85. The predicted octanol–water partition coefficient (Wildman–Crippen LogP) is 4.18. The summed E-state index contributed by atoms with van der Waals surface area (Å²) in [6, 6.07) is 5.72. The standard InChI is InChI=1S/C16H21ClN2O2/c1-4-6-19-7-5-12(11-19)10-18-14-9-15(20-2)13(17)8-16(14)21-3/h5,7-9,11,18H,4,6,10H2,1-3H3. The van der Waals surface area contributed by atoms with Crippen molar-refractivity contribution in [2.24, 2.45) is 0 Å². The minimum atomic E-state index is 0.536. The summed E-state index contributed by atoms with van der Waals surface area (Å²) in [6.45, 7) is 3.93. The van der Waals surface area contributed by atoms with Crippen molar-refractivity contribution < 1.29 is 9.47 Å². The van der Waals surface area contributed by atoms with Gasteiger partial charge in [-0.1, -0.05) is 18.5 Å². The van der Waals surface area contributed by atoms with Crippen LogP contribution in [0.1, 0.15) is 18.9 Å². The van der Waals surface area contributed by atoms with Gasteiger partial charge in [0.1, 0.15) is 11.5 Å². The fourth-order valence-electron chi connectivity index (χ4n) is 2.19. The van der Waals surface area contributed by atoms with E-state index < -0.39 is 0 Å². The Morgan fingerprint density at radius 2 is 1.95 bits per heavy atom. The molecule has 2 aromatic rings. The van der Waals surface area contributed by atoms with E-state index in [1.165, 1.54) is 5.56 Å². The fraction of sp³-hybridized carbons (Fsp3) is 0.375. The van der Waals surface area contributed by atoms with E-state index >= 15 is 0 Å². The number of methoxy groups -OCH3 is 2. The van der Waals surface area contributed by atoms with Crippen LogP contribution in [-0.2, 0) is 13.1 Å². The van der Waals surface area contributed by atoms with Crippen LogP contribution in [0.25, 0.3) is 0 Å². The first-order chi connectivity index (χ1) is 10.2. The van der Waals surface area contributed by atoms with E-state index in [-0.39, 0.29) is 0 Å². The number of anilines is 1. The molecule has 1 aromatic heterocycles. The predicted molar refractivity (Wildman–Crippen MR) is 86.6 cm³/mol. The number of halogens is 1. The lowest BCUT2D eigenvalue weighted by Crippen LogP contribution is -2.02. The van der Waals surface area contributed by atoms with Crippen molar-refractivity contribution in [2.75, 3.05) is 19.5 Å². The molecule has 0 spiro atoms. The van der Waals surface area contributed by atoms with Crippen LogP contribution in [0.15, 0.2) is 30.6 Å². The Labute approximate surface area is 130 Å². The van der Waals surface area contributed by atoms with Crippen molar-refractivity contribution in [2.45, 2.75) is 26.4 Å². The van der Waals surface area contributed by atoms with Gasteiger partial charge in [0.05, 0.1) is 24.9 Å². The maximum atomic E-state index is 6.10. The molecule has 0 amide bonds. The molecule has 0 saturated carbocycles. The molecule has 0 aliphatic heterocycles. The Balaban J connectivity index is 2.10. The number of aryl methyl sites for hydroxylation is 1. The maximum absolute atomic E-state index is 6.10. The first-order valence-electron chi connectivity index (χ1n) is 6.98. The van der Waals surface area contributed by atoms with Crippen molar-refractivity contribution in [3.8, 4) is 11.5 Å². The molecule has 21 heavy (non-hydrogen) atoms. The van der Waals surface area contributed by atoms with E-state index in [1.54, 1.807) is 20.3 Å². The van der Waals surface area contributed by atoms with E-state index in [1.807, 2.05) is 6.07 Å². The highest BCUT2D eigenvalue weighted by atomic mass is 35.5. The van der Waals surface area contributed by atoms with Gasteiger partial charge in [0.25, 0.3) is 0 Å². The highest BCUT2D eigenvalue weighted by Gasteiger charge is 2.09. The van der Waals surface area contributed by atoms with Crippen molar-refractivity contribution >= 4 is 17.3 Å². The summed E-state index contributed by atoms with van der Waals surface area (Å²) in [5.74, 6) is 1.33. The summed E-state index contributed by atoms with van der Waals surface area (Å²) < 4.78 is 12.8. The van der Waals surface area contributed by atoms with Crippen LogP contribution in [-0.4, -0.2) is 18.8 Å². The molecule has 0 aliphatic rings. The molecule has 0 fully saturated rings. The van der Waals surface area contributed by atoms with Gasteiger partial charge in [-0.3, -0.25) is 0 Å². The van der Waals surface area contributed by atoms with Gasteiger partial charge in [-0.15, -0.1) is 0 Å². The van der Waals surface area contributed by atoms with E-state index in [4.69, 9.17) is 21.1 Å². The second kappa shape index (κ2) is 7.27. The Morgan fingerprint density at radius 1 is 1.19 bits per heavy atom. The van der Waals surface area contributed by atoms with Crippen LogP contribution in [0.2, 0.25) is 5.02 Å². The van der Waals surface area contributed by atoms with Gasteiger partial charge < -0.3 is 19.4 Å².